The van der Waals surface area contributed by atoms with Gasteiger partial charge in [-0.25, -0.2) is 0 Å². The van der Waals surface area contributed by atoms with Gasteiger partial charge in [0.15, 0.2) is 5.76 Å². The van der Waals surface area contributed by atoms with Crippen molar-refractivity contribution in [3.8, 4) is 11.6 Å². The molecule has 4 nitrogen and oxygen atoms in total. The van der Waals surface area contributed by atoms with Crippen molar-refractivity contribution in [1.29, 1.82) is 0 Å². The Morgan fingerprint density at radius 2 is 1.89 bits per heavy atom. The minimum atomic E-state index is -0.456. The van der Waals surface area contributed by atoms with Crippen molar-refractivity contribution in [2.75, 3.05) is 0 Å². The monoisotopic (exact) mass is 260 g/mol. The van der Waals surface area contributed by atoms with Crippen LogP contribution in [0.5, 0.6) is 0 Å². The molecule has 1 aromatic carbocycles. The van der Waals surface area contributed by atoms with E-state index in [1.807, 2.05) is 30.3 Å². The van der Waals surface area contributed by atoms with Gasteiger partial charge in [-0.15, -0.1) is 11.6 Å². The number of rotatable bonds is 3. The summed E-state index contributed by atoms with van der Waals surface area (Å²) in [6, 6.07) is 13.1. The lowest BCUT2D eigenvalue weighted by molar-refractivity contribution is 0.381. The topological polar surface area (TPSA) is 52.1 Å². The molecule has 1 unspecified atom stereocenters. The Morgan fingerprint density at radius 1 is 1.06 bits per heavy atom. The zero-order valence-corrected chi connectivity index (χ0v) is 10.0. The molecule has 5 heteroatoms. The van der Waals surface area contributed by atoms with Crippen molar-refractivity contribution in [1.82, 2.24) is 10.1 Å². The summed E-state index contributed by atoms with van der Waals surface area (Å²) in [6.45, 7) is 0. The SMILES string of the molecule is ClC(c1ccccc1)c1nc(-c2ccco2)no1. The lowest BCUT2D eigenvalue weighted by atomic mass is 10.1. The van der Waals surface area contributed by atoms with E-state index in [0.717, 1.165) is 5.56 Å². The molecule has 2 heterocycles. The molecule has 0 saturated carbocycles. The predicted molar refractivity (Wildman–Crippen MR) is 66.1 cm³/mol. The average molecular weight is 261 g/mol. The summed E-state index contributed by atoms with van der Waals surface area (Å²) in [5, 5.41) is 3.38. The number of halogens is 1. The van der Waals surface area contributed by atoms with Crippen LogP contribution in [0.25, 0.3) is 11.6 Å². The van der Waals surface area contributed by atoms with E-state index in [-0.39, 0.29) is 0 Å². The minimum absolute atomic E-state index is 0.356. The molecule has 0 aliphatic rings. The van der Waals surface area contributed by atoms with Crippen molar-refractivity contribution in [3.63, 3.8) is 0 Å². The van der Waals surface area contributed by atoms with E-state index in [1.165, 1.54) is 0 Å². The smallest absolute Gasteiger partial charge is 0.249 e. The molecule has 0 fully saturated rings. The van der Waals surface area contributed by atoms with Gasteiger partial charge >= 0.3 is 0 Å². The van der Waals surface area contributed by atoms with E-state index in [0.29, 0.717) is 17.5 Å². The normalized spacial score (nSPS) is 12.5. The first-order valence-electron chi connectivity index (χ1n) is 5.41. The lowest BCUT2D eigenvalue weighted by Gasteiger charge is -2.02. The third-order valence-electron chi connectivity index (χ3n) is 2.49. The zero-order valence-electron chi connectivity index (χ0n) is 9.29. The molecule has 0 aliphatic carbocycles. The molecule has 18 heavy (non-hydrogen) atoms. The highest BCUT2D eigenvalue weighted by Crippen LogP contribution is 2.28. The van der Waals surface area contributed by atoms with Gasteiger partial charge in [0.1, 0.15) is 5.38 Å². The molecule has 0 spiro atoms. The highest BCUT2D eigenvalue weighted by atomic mass is 35.5. The van der Waals surface area contributed by atoms with Gasteiger partial charge in [-0.3, -0.25) is 0 Å². The van der Waals surface area contributed by atoms with Crippen LogP contribution in [0, 0.1) is 0 Å². The van der Waals surface area contributed by atoms with Crippen molar-refractivity contribution in [2.45, 2.75) is 5.38 Å². The maximum Gasteiger partial charge on any atom is 0.249 e. The van der Waals surface area contributed by atoms with Crippen molar-refractivity contribution < 1.29 is 8.94 Å². The molecule has 0 amide bonds. The molecular formula is C13H9ClN2O2. The number of nitrogens with zero attached hydrogens (tertiary/aromatic N) is 2. The average Bonchev–Trinajstić information content (AvgIpc) is 3.09. The Morgan fingerprint density at radius 3 is 2.61 bits per heavy atom. The van der Waals surface area contributed by atoms with Crippen molar-refractivity contribution >= 4 is 11.6 Å². The molecule has 90 valence electrons. The Balaban J connectivity index is 1.90. The van der Waals surface area contributed by atoms with E-state index in [9.17, 15) is 0 Å². The number of alkyl halides is 1. The fourth-order valence-electron chi connectivity index (χ4n) is 1.61. The van der Waals surface area contributed by atoms with E-state index in [4.69, 9.17) is 20.5 Å². The van der Waals surface area contributed by atoms with Gasteiger partial charge in [0, 0.05) is 0 Å². The highest BCUT2D eigenvalue weighted by Gasteiger charge is 2.19. The third-order valence-corrected chi connectivity index (χ3v) is 2.93. The predicted octanol–water partition coefficient (Wildman–Crippen LogP) is 3.66. The fourth-order valence-corrected chi connectivity index (χ4v) is 1.84. The quantitative estimate of drug-likeness (QED) is 0.675. The number of benzene rings is 1. The van der Waals surface area contributed by atoms with E-state index < -0.39 is 5.38 Å². The maximum atomic E-state index is 6.28. The van der Waals surface area contributed by atoms with E-state index in [2.05, 4.69) is 10.1 Å². The highest BCUT2D eigenvalue weighted by molar-refractivity contribution is 6.22. The van der Waals surface area contributed by atoms with Crippen LogP contribution in [0.4, 0.5) is 0 Å². The van der Waals surface area contributed by atoms with Crippen LogP contribution in [0.15, 0.2) is 57.7 Å². The summed E-state index contributed by atoms with van der Waals surface area (Å²) in [4.78, 5) is 4.23. The second-order valence-electron chi connectivity index (χ2n) is 3.71. The molecular weight excluding hydrogens is 252 g/mol. The third kappa shape index (κ3) is 2.02. The molecule has 0 aliphatic heterocycles. The molecule has 0 bridgehead atoms. The summed E-state index contributed by atoms with van der Waals surface area (Å²) in [6.07, 6.45) is 1.56. The zero-order chi connectivity index (χ0) is 12.4. The van der Waals surface area contributed by atoms with Crippen LogP contribution < -0.4 is 0 Å². The molecule has 0 saturated heterocycles. The van der Waals surface area contributed by atoms with Crippen LogP contribution in [-0.4, -0.2) is 10.1 Å². The minimum Gasteiger partial charge on any atom is -0.461 e. The Labute approximate surface area is 108 Å². The second-order valence-corrected chi connectivity index (χ2v) is 4.14. The first-order chi connectivity index (χ1) is 8.84. The maximum absolute atomic E-state index is 6.28. The Hall–Kier alpha value is -2.07. The van der Waals surface area contributed by atoms with Crippen molar-refractivity contribution in [3.05, 3.63) is 60.2 Å². The summed E-state index contributed by atoms with van der Waals surface area (Å²) >= 11 is 6.28. The number of hydrogen-bond donors (Lipinski definition) is 0. The molecule has 3 aromatic rings. The van der Waals surface area contributed by atoms with Crippen LogP contribution in [-0.2, 0) is 0 Å². The molecule has 2 aromatic heterocycles. The molecule has 0 radical (unpaired) electrons. The number of hydrogen-bond acceptors (Lipinski definition) is 4. The number of furan rings is 1. The molecule has 3 rings (SSSR count). The first-order valence-corrected chi connectivity index (χ1v) is 5.85. The summed E-state index contributed by atoms with van der Waals surface area (Å²) in [5.41, 5.74) is 0.911. The van der Waals surface area contributed by atoms with Gasteiger partial charge in [0.25, 0.3) is 0 Å². The summed E-state index contributed by atoms with van der Waals surface area (Å²) in [5.74, 6) is 1.31. The Bertz CT molecular complexity index is 620. The van der Waals surface area contributed by atoms with Crippen LogP contribution in [0.1, 0.15) is 16.8 Å². The van der Waals surface area contributed by atoms with Gasteiger partial charge < -0.3 is 8.94 Å². The standard InChI is InChI=1S/C13H9ClN2O2/c14-11(9-5-2-1-3-6-9)13-15-12(16-18-13)10-7-4-8-17-10/h1-8,11H. The summed E-state index contributed by atoms with van der Waals surface area (Å²) < 4.78 is 10.3. The largest absolute Gasteiger partial charge is 0.461 e. The van der Waals surface area contributed by atoms with E-state index in [1.54, 1.807) is 18.4 Å². The van der Waals surface area contributed by atoms with Crippen LogP contribution in [0.2, 0.25) is 0 Å². The van der Waals surface area contributed by atoms with Gasteiger partial charge in [-0.2, -0.15) is 4.98 Å². The van der Waals surface area contributed by atoms with Gasteiger partial charge in [0.05, 0.1) is 6.26 Å². The Kier molecular flexibility index (Phi) is 2.86. The van der Waals surface area contributed by atoms with Gasteiger partial charge in [-0.1, -0.05) is 35.5 Å². The van der Waals surface area contributed by atoms with Crippen LogP contribution in [0.3, 0.4) is 0 Å². The fraction of sp³-hybridized carbons (Fsp3) is 0.0769. The van der Waals surface area contributed by atoms with Crippen LogP contribution >= 0.6 is 11.6 Å². The van der Waals surface area contributed by atoms with E-state index >= 15 is 0 Å². The lowest BCUT2D eigenvalue weighted by Crippen LogP contribution is -1.92. The first kappa shape index (κ1) is 11.0. The molecule has 1 atom stereocenters. The summed E-state index contributed by atoms with van der Waals surface area (Å²) in [7, 11) is 0. The number of aromatic nitrogens is 2. The molecule has 0 N–H and O–H groups in total. The van der Waals surface area contributed by atoms with Crippen molar-refractivity contribution in [2.24, 2.45) is 0 Å². The van der Waals surface area contributed by atoms with Gasteiger partial charge in [0.2, 0.25) is 11.7 Å². The second kappa shape index (κ2) is 4.66. The van der Waals surface area contributed by atoms with Gasteiger partial charge in [-0.05, 0) is 17.7 Å².